The van der Waals surface area contributed by atoms with E-state index in [9.17, 15) is 0 Å². The zero-order valence-corrected chi connectivity index (χ0v) is 19.3. The number of aryl methyl sites for hydroxylation is 1. The first kappa shape index (κ1) is 23.2. The van der Waals surface area contributed by atoms with Crippen LogP contribution in [0, 0.1) is 12.8 Å². The lowest BCUT2D eigenvalue weighted by Crippen LogP contribution is -2.06. The van der Waals surface area contributed by atoms with Gasteiger partial charge >= 0.3 is 0 Å². The van der Waals surface area contributed by atoms with Crippen molar-refractivity contribution in [1.29, 1.82) is 0 Å². The average molecular weight is 392 g/mol. The van der Waals surface area contributed by atoms with E-state index in [1.807, 2.05) is 0 Å². The van der Waals surface area contributed by atoms with Crippen LogP contribution in [0.1, 0.15) is 77.9 Å². The van der Waals surface area contributed by atoms with Gasteiger partial charge in [-0.1, -0.05) is 57.1 Å². The fourth-order valence-electron chi connectivity index (χ4n) is 3.01. The molecule has 0 aliphatic carbocycles. The number of thioether (sulfide) groups is 1. The summed E-state index contributed by atoms with van der Waals surface area (Å²) in [5, 5.41) is 4.73. The third-order valence-corrected chi connectivity index (χ3v) is 6.17. The van der Waals surface area contributed by atoms with Gasteiger partial charge in [-0.2, -0.15) is 11.8 Å². The molecule has 26 heavy (non-hydrogen) atoms. The summed E-state index contributed by atoms with van der Waals surface area (Å²) < 4.78 is 0. The van der Waals surface area contributed by atoms with Crippen molar-refractivity contribution in [2.45, 2.75) is 84.6 Å². The molecule has 3 heteroatoms. The number of rotatable bonds is 11. The molecule has 1 nitrogen and oxygen atoms in total. The summed E-state index contributed by atoms with van der Waals surface area (Å²) in [6, 6.07) is 0. The van der Waals surface area contributed by atoms with E-state index in [1.165, 1.54) is 17.6 Å². The highest BCUT2D eigenvalue weighted by Crippen LogP contribution is 2.23. The first-order chi connectivity index (χ1) is 12.3. The van der Waals surface area contributed by atoms with Gasteiger partial charge in [0.05, 0.1) is 10.7 Å². The molecule has 1 rings (SSSR count). The van der Waals surface area contributed by atoms with E-state index in [0.717, 1.165) is 40.5 Å². The number of aromatic nitrogens is 1. The van der Waals surface area contributed by atoms with Crippen LogP contribution in [0.15, 0.2) is 34.8 Å². The van der Waals surface area contributed by atoms with Gasteiger partial charge in [-0.3, -0.25) is 0 Å². The molecule has 2 unspecified atom stereocenters. The zero-order valence-electron chi connectivity index (χ0n) is 17.7. The maximum Gasteiger partial charge on any atom is 0.0901 e. The molecule has 0 saturated carbocycles. The Labute approximate surface area is 170 Å². The summed E-state index contributed by atoms with van der Waals surface area (Å²) in [6.07, 6.45) is 13.9. The normalized spacial score (nSPS) is 15.8. The Kier molecular flexibility index (Phi) is 11.2. The van der Waals surface area contributed by atoms with Gasteiger partial charge in [-0.25, -0.2) is 4.98 Å². The van der Waals surface area contributed by atoms with Crippen molar-refractivity contribution in [1.82, 2.24) is 4.98 Å². The lowest BCUT2D eigenvalue weighted by Gasteiger charge is -2.16. The van der Waals surface area contributed by atoms with Gasteiger partial charge in [0.15, 0.2) is 0 Å². The van der Waals surface area contributed by atoms with E-state index < -0.39 is 0 Å². The molecule has 0 aromatic carbocycles. The Morgan fingerprint density at radius 2 is 1.92 bits per heavy atom. The first-order valence-corrected chi connectivity index (χ1v) is 11.7. The Morgan fingerprint density at radius 1 is 1.19 bits per heavy atom. The van der Waals surface area contributed by atoms with Crippen molar-refractivity contribution < 1.29 is 0 Å². The summed E-state index contributed by atoms with van der Waals surface area (Å²) in [5.74, 6) is 0.663. The van der Waals surface area contributed by atoms with Gasteiger partial charge in [-0.15, -0.1) is 11.3 Å². The molecular weight excluding hydrogens is 354 g/mol. The fraction of sp³-hybridized carbons (Fsp3) is 0.609. The Bertz CT molecular complexity index is 607. The second-order valence-corrected chi connectivity index (χ2v) is 10.8. The lowest BCUT2D eigenvalue weighted by atomic mass is 10.0. The van der Waals surface area contributed by atoms with Gasteiger partial charge in [0.1, 0.15) is 0 Å². The van der Waals surface area contributed by atoms with Crippen LogP contribution in [0.4, 0.5) is 0 Å². The van der Waals surface area contributed by atoms with Crippen LogP contribution >= 0.6 is 23.1 Å². The number of hydrogen-bond acceptors (Lipinski definition) is 3. The third-order valence-electron chi connectivity index (χ3n) is 4.18. The predicted molar refractivity (Wildman–Crippen MR) is 123 cm³/mol. The summed E-state index contributed by atoms with van der Waals surface area (Å²) in [7, 11) is 0. The molecule has 0 aliphatic rings. The topological polar surface area (TPSA) is 12.9 Å². The van der Waals surface area contributed by atoms with Gasteiger partial charge < -0.3 is 0 Å². The summed E-state index contributed by atoms with van der Waals surface area (Å²) in [5.41, 5.74) is 3.97. The fourth-order valence-corrected chi connectivity index (χ4v) is 4.92. The minimum absolute atomic E-state index is 0.663. The highest BCUT2D eigenvalue weighted by molar-refractivity contribution is 8.00. The minimum atomic E-state index is 0.663. The van der Waals surface area contributed by atoms with Crippen LogP contribution < -0.4 is 0 Å². The molecule has 0 radical (unpaired) electrons. The van der Waals surface area contributed by atoms with Crippen LogP contribution in [0.25, 0.3) is 6.08 Å². The molecule has 2 atom stereocenters. The Balaban J connectivity index is 2.31. The molecule has 0 saturated heterocycles. The molecular formula is C23H37NS2. The van der Waals surface area contributed by atoms with Crippen molar-refractivity contribution >= 4 is 29.2 Å². The lowest BCUT2D eigenvalue weighted by molar-refractivity contribution is 0.642. The van der Waals surface area contributed by atoms with Crippen molar-refractivity contribution in [3.63, 3.8) is 0 Å². The predicted octanol–water partition coefficient (Wildman–Crippen LogP) is 8.08. The van der Waals surface area contributed by atoms with Gasteiger partial charge in [0, 0.05) is 10.6 Å². The van der Waals surface area contributed by atoms with Crippen LogP contribution in [0.3, 0.4) is 0 Å². The standard InChI is InChI=1S/C23H37NS2/c1-17(2)26-21(6)14-19(4)12-8-10-18(3)11-9-13-20(5)15-23-16-25-22(7)24-23/h8,11-12,15-17,19,21H,9-10,13-14H2,1-7H3/b12-8-,18-11-,20-15+. The average Bonchev–Trinajstić information content (AvgIpc) is 2.91. The van der Waals surface area contributed by atoms with E-state index in [0.29, 0.717) is 5.92 Å². The van der Waals surface area contributed by atoms with E-state index >= 15 is 0 Å². The van der Waals surface area contributed by atoms with E-state index in [2.05, 4.69) is 94.9 Å². The maximum absolute atomic E-state index is 4.50. The maximum atomic E-state index is 4.50. The molecule has 0 aliphatic heterocycles. The number of allylic oxidation sites excluding steroid dienone is 5. The van der Waals surface area contributed by atoms with Gasteiger partial charge in [-0.05, 0) is 63.7 Å². The monoisotopic (exact) mass is 391 g/mol. The number of hydrogen-bond donors (Lipinski definition) is 0. The Morgan fingerprint density at radius 3 is 2.54 bits per heavy atom. The van der Waals surface area contributed by atoms with Gasteiger partial charge in [0.2, 0.25) is 0 Å². The second kappa shape index (κ2) is 12.6. The minimum Gasteiger partial charge on any atom is -0.242 e. The van der Waals surface area contributed by atoms with Crippen molar-refractivity contribution in [2.75, 3.05) is 0 Å². The summed E-state index contributed by atoms with van der Waals surface area (Å²) in [6.45, 7) is 15.8. The molecule has 0 bridgehead atoms. The highest BCUT2D eigenvalue weighted by atomic mass is 32.2. The molecule has 0 spiro atoms. The summed E-state index contributed by atoms with van der Waals surface area (Å²) >= 11 is 3.80. The van der Waals surface area contributed by atoms with Crippen molar-refractivity contribution in [3.05, 3.63) is 45.5 Å². The quantitative estimate of drug-likeness (QED) is 0.353. The molecule has 1 aromatic rings. The Hall–Kier alpha value is -0.800. The molecule has 146 valence electrons. The van der Waals surface area contributed by atoms with Crippen LogP contribution in [-0.4, -0.2) is 15.5 Å². The van der Waals surface area contributed by atoms with Crippen molar-refractivity contribution in [2.24, 2.45) is 5.92 Å². The summed E-state index contributed by atoms with van der Waals surface area (Å²) in [4.78, 5) is 4.50. The van der Waals surface area contributed by atoms with Crippen molar-refractivity contribution in [3.8, 4) is 0 Å². The third kappa shape index (κ3) is 11.0. The molecule has 0 fully saturated rings. The van der Waals surface area contributed by atoms with E-state index in [-0.39, 0.29) is 0 Å². The first-order valence-electron chi connectivity index (χ1n) is 9.83. The van der Waals surface area contributed by atoms with Crippen LogP contribution in [0.5, 0.6) is 0 Å². The largest absolute Gasteiger partial charge is 0.242 e. The molecule has 0 amide bonds. The smallest absolute Gasteiger partial charge is 0.0901 e. The molecule has 1 heterocycles. The van der Waals surface area contributed by atoms with E-state index in [4.69, 9.17) is 0 Å². The highest BCUT2D eigenvalue weighted by Gasteiger charge is 2.08. The molecule has 0 N–H and O–H groups in total. The number of thiazole rings is 1. The zero-order chi connectivity index (χ0) is 19.5. The molecule has 1 aromatic heterocycles. The van der Waals surface area contributed by atoms with Crippen LogP contribution in [-0.2, 0) is 0 Å². The number of nitrogens with zero attached hydrogens (tertiary/aromatic N) is 1. The van der Waals surface area contributed by atoms with Gasteiger partial charge in [0.25, 0.3) is 0 Å². The second-order valence-electron chi connectivity index (χ2n) is 7.71. The van der Waals surface area contributed by atoms with E-state index in [1.54, 1.807) is 11.3 Å². The van der Waals surface area contributed by atoms with Crippen LogP contribution in [0.2, 0.25) is 0 Å². The SMILES string of the molecule is C/C(=C/CC/C(C)=C/c1csc(C)n1)C/C=C\C(C)CC(C)SC(C)C.